The summed E-state index contributed by atoms with van der Waals surface area (Å²) in [6.45, 7) is 24.2. The largest absolute Gasteiger partial charge is 0.456 e. The topological polar surface area (TPSA) is 19.6 Å². The van der Waals surface area contributed by atoms with Crippen LogP contribution in [0, 0.1) is 6.92 Å². The van der Waals surface area contributed by atoms with Gasteiger partial charge in [0.05, 0.1) is 0 Å². The van der Waals surface area contributed by atoms with Crippen molar-refractivity contribution >= 4 is 68.1 Å². The van der Waals surface area contributed by atoms with Crippen LogP contribution in [0.5, 0.6) is 0 Å². The van der Waals surface area contributed by atoms with Crippen molar-refractivity contribution in [3.05, 3.63) is 220 Å². The van der Waals surface area contributed by atoms with Crippen molar-refractivity contribution in [1.82, 2.24) is 0 Å². The summed E-state index contributed by atoms with van der Waals surface area (Å²) in [5.74, 6) is 0.0700. The van der Waals surface area contributed by atoms with Gasteiger partial charge in [-0.3, -0.25) is 0 Å². The Morgan fingerprint density at radius 3 is 1.96 bits per heavy atom. The lowest BCUT2D eigenvalue weighted by Crippen LogP contribution is -2.61. The van der Waals surface area contributed by atoms with Crippen LogP contribution in [0.1, 0.15) is 158 Å². The third-order valence-electron chi connectivity index (χ3n) is 19.8. The van der Waals surface area contributed by atoms with Gasteiger partial charge in [0.15, 0.2) is 0 Å². The van der Waals surface area contributed by atoms with Crippen LogP contribution in [-0.2, 0) is 28.1 Å². The second-order valence-electron chi connectivity index (χ2n) is 26.7. The zero-order chi connectivity index (χ0) is 54.3. The van der Waals surface area contributed by atoms with Gasteiger partial charge < -0.3 is 14.1 Å². The van der Waals surface area contributed by atoms with Crippen LogP contribution in [0.25, 0.3) is 44.2 Å². The molecule has 1 unspecified atom stereocenters. The summed E-state index contributed by atoms with van der Waals surface area (Å²) >= 11 is 0. The molecular formula is C75H75BN2O. The first-order valence-electron chi connectivity index (χ1n) is 29.7. The van der Waals surface area contributed by atoms with E-state index in [1.165, 1.54) is 143 Å². The Labute approximate surface area is 470 Å². The Balaban J connectivity index is 1.12. The number of benzene rings is 8. The third-order valence-corrected chi connectivity index (χ3v) is 19.8. The van der Waals surface area contributed by atoms with Crippen molar-refractivity contribution in [3.63, 3.8) is 0 Å². The molecule has 3 aliphatic carbocycles. The first-order valence-corrected chi connectivity index (χ1v) is 29.7. The van der Waals surface area contributed by atoms with Gasteiger partial charge in [0.2, 0.25) is 0 Å². The van der Waals surface area contributed by atoms with Crippen LogP contribution >= 0.6 is 0 Å². The van der Waals surface area contributed by atoms with Crippen molar-refractivity contribution < 1.29 is 4.42 Å². The van der Waals surface area contributed by atoms with Crippen LogP contribution in [0.15, 0.2) is 180 Å². The number of fused-ring (bicyclic) bond motifs is 10. The highest BCUT2D eigenvalue weighted by atomic mass is 16.3. The summed E-state index contributed by atoms with van der Waals surface area (Å²) in [4.78, 5) is 5.47. The molecule has 0 fully saturated rings. The number of nitrogens with zero attached hydrogens (tertiary/aromatic N) is 2. The van der Waals surface area contributed by atoms with Crippen molar-refractivity contribution in [2.45, 2.75) is 148 Å². The Morgan fingerprint density at radius 1 is 0.570 bits per heavy atom. The Hall–Kier alpha value is -7.30. The molecule has 3 nitrogen and oxygen atoms in total. The molecule has 5 aliphatic rings. The highest BCUT2D eigenvalue weighted by Gasteiger charge is 2.48. The quantitative estimate of drug-likeness (QED) is 0.134. The van der Waals surface area contributed by atoms with Crippen LogP contribution in [0.4, 0.5) is 28.4 Å². The molecule has 0 amide bonds. The Kier molecular flexibility index (Phi) is 11.5. The average molecular weight is 1030 g/mol. The smallest absolute Gasteiger partial charge is 0.333 e. The molecule has 1 atom stereocenters. The fourth-order valence-corrected chi connectivity index (χ4v) is 15.0. The molecule has 4 heteroatoms. The second-order valence-corrected chi connectivity index (χ2v) is 26.7. The lowest BCUT2D eigenvalue weighted by molar-refractivity contribution is 0.332. The van der Waals surface area contributed by atoms with E-state index < -0.39 is 0 Å². The number of furan rings is 1. The Morgan fingerprint density at radius 2 is 1.24 bits per heavy atom. The maximum absolute atomic E-state index is 6.88. The van der Waals surface area contributed by atoms with Crippen LogP contribution in [-0.4, -0.2) is 6.85 Å². The van der Waals surface area contributed by atoms with Crippen molar-refractivity contribution in [2.24, 2.45) is 0 Å². The lowest BCUT2D eigenvalue weighted by Gasteiger charge is -2.48. The van der Waals surface area contributed by atoms with E-state index in [0.717, 1.165) is 42.2 Å². The van der Waals surface area contributed by atoms with E-state index in [9.17, 15) is 0 Å². The van der Waals surface area contributed by atoms with E-state index in [2.05, 4.69) is 249 Å². The highest BCUT2D eigenvalue weighted by Crippen LogP contribution is 2.56. The second kappa shape index (κ2) is 18.1. The lowest BCUT2D eigenvalue weighted by atomic mass is 9.43. The summed E-state index contributed by atoms with van der Waals surface area (Å²) in [6.07, 6.45) is 16.3. The number of hydrogen-bond donors (Lipinski definition) is 0. The standard InChI is InChI=1S/C75H75BN2O/c1-11-12-20-48-27-29-51(30-28-48)68(50-23-16-17-24-50)52-31-34-62-61(43-52)76-71-56(42-53(49-21-14-13-15-22-49)44-65(71)77(62)64-46-60-58(41-47(64)2)73(5,6)39-40-75(60,9)10)69-63(35-36-67-70(69)55-25-18-19-26-66(55)79-67)78(76)54-32-33-57-59(45-54)74(7,8)38-37-72(57,3)4/h13-16,18-19,21-36,41-46,68H,11-12,17,20,37-40H2,1-10H3. The van der Waals surface area contributed by atoms with Crippen molar-refractivity contribution in [3.8, 4) is 22.3 Å². The molecule has 3 heterocycles. The van der Waals surface area contributed by atoms with Gasteiger partial charge in [0.1, 0.15) is 11.2 Å². The maximum atomic E-state index is 6.88. The summed E-state index contributed by atoms with van der Waals surface area (Å²) in [5.41, 5.74) is 28.4. The highest BCUT2D eigenvalue weighted by molar-refractivity contribution is 6.93. The summed E-state index contributed by atoms with van der Waals surface area (Å²) in [7, 11) is 0. The van der Waals surface area contributed by atoms with Gasteiger partial charge in [0, 0.05) is 50.7 Å². The zero-order valence-electron chi connectivity index (χ0n) is 48.3. The fourth-order valence-electron chi connectivity index (χ4n) is 15.0. The molecule has 0 N–H and O–H groups in total. The number of unbranched alkanes of at least 4 members (excludes halogenated alkanes) is 1. The monoisotopic (exact) mass is 1030 g/mol. The number of anilines is 5. The minimum Gasteiger partial charge on any atom is -0.456 e. The summed E-state index contributed by atoms with van der Waals surface area (Å²) in [6, 6.07) is 59.5. The van der Waals surface area contributed by atoms with E-state index >= 15 is 0 Å². The van der Waals surface area contributed by atoms with E-state index in [4.69, 9.17) is 4.42 Å². The van der Waals surface area contributed by atoms with Gasteiger partial charge in [0.25, 0.3) is 0 Å². The maximum Gasteiger partial charge on any atom is 0.333 e. The number of aryl methyl sites for hydroxylation is 2. The minimum atomic E-state index is -0.180. The van der Waals surface area contributed by atoms with Crippen LogP contribution in [0.2, 0.25) is 0 Å². The van der Waals surface area contributed by atoms with Crippen molar-refractivity contribution in [2.75, 3.05) is 9.71 Å². The molecule has 79 heavy (non-hydrogen) atoms. The van der Waals surface area contributed by atoms with Gasteiger partial charge in [-0.15, -0.1) is 0 Å². The molecule has 2 aliphatic heterocycles. The van der Waals surface area contributed by atoms with Crippen LogP contribution < -0.4 is 20.6 Å². The molecule has 8 aromatic carbocycles. The molecule has 9 aromatic rings. The average Bonchev–Trinajstić information content (AvgIpc) is 4.20. The first kappa shape index (κ1) is 50.0. The molecular weight excluding hydrogens is 956 g/mol. The normalized spacial score (nSPS) is 18.2. The molecule has 1 aromatic heterocycles. The predicted molar refractivity (Wildman–Crippen MR) is 337 cm³/mol. The molecule has 14 rings (SSSR count). The van der Waals surface area contributed by atoms with Gasteiger partial charge >= 0.3 is 6.85 Å². The number of para-hydroxylation sites is 1. The summed E-state index contributed by atoms with van der Waals surface area (Å²) in [5, 5.41) is 2.32. The van der Waals surface area contributed by atoms with Crippen molar-refractivity contribution in [1.29, 1.82) is 0 Å². The molecule has 394 valence electrons. The minimum absolute atomic E-state index is 0.0143. The van der Waals surface area contributed by atoms with Crippen LogP contribution in [0.3, 0.4) is 0 Å². The number of allylic oxidation sites excluding steroid dienone is 4. The van der Waals surface area contributed by atoms with Gasteiger partial charge in [-0.1, -0.05) is 184 Å². The number of rotatable bonds is 9. The Bertz CT molecular complexity index is 4010. The SMILES string of the molecule is CCCCc1ccc(C(C2=CCC=C2)c2ccc3c(c2)B2c4c(cc(-c5ccccc5)cc4N3c3cc4c(cc3C)C(C)(C)CCC4(C)C)-c3c(ccc4oc5ccccc5c34)N2c2ccc3c(c2)C(C)(C)CCC3(C)C)cc1. The van der Waals surface area contributed by atoms with Gasteiger partial charge in [-0.2, -0.15) is 0 Å². The van der Waals surface area contributed by atoms with E-state index in [1.807, 2.05) is 0 Å². The van der Waals surface area contributed by atoms with Gasteiger partial charge in [-0.25, -0.2) is 0 Å². The predicted octanol–water partition coefficient (Wildman–Crippen LogP) is 19.3. The van der Waals surface area contributed by atoms with E-state index in [1.54, 1.807) is 0 Å². The molecule has 0 bridgehead atoms. The molecule has 0 spiro atoms. The first-order chi connectivity index (χ1) is 38.0. The van der Waals surface area contributed by atoms with E-state index in [0.29, 0.717) is 0 Å². The summed E-state index contributed by atoms with van der Waals surface area (Å²) < 4.78 is 6.88. The number of hydrogen-bond acceptors (Lipinski definition) is 3. The zero-order valence-corrected chi connectivity index (χ0v) is 48.3. The third kappa shape index (κ3) is 7.89. The van der Waals surface area contributed by atoms with E-state index in [-0.39, 0.29) is 34.4 Å². The fraction of sp³-hybridized carbons (Fsp3) is 0.307. The molecule has 0 radical (unpaired) electrons. The van der Waals surface area contributed by atoms with Gasteiger partial charge in [-0.05, 0) is 206 Å². The molecule has 0 saturated heterocycles. The molecule has 0 saturated carbocycles.